The van der Waals surface area contributed by atoms with Crippen LogP contribution in [0.5, 0.6) is 5.75 Å². The molecule has 4 rings (SSSR count). The molecule has 30 heavy (non-hydrogen) atoms. The number of carboxylic acid groups (broad SMARTS) is 1. The van der Waals surface area contributed by atoms with Gasteiger partial charge in [0.2, 0.25) is 0 Å². The standard InChI is InChI=1S/C22H22N4O3S/c1-2-29-16-10-8-15(9-11-16)25-22(30)26-18(21(27)28)12-17-19(24-13-23-17)20(26)14-6-4-3-5-7-14/h3-11,13,18,20H,2,12H2,1H3,(H,23,24)(H,25,30)(H,27,28)/t18-,20+/m0/s1. The highest BCUT2D eigenvalue weighted by molar-refractivity contribution is 7.80. The lowest BCUT2D eigenvalue weighted by Gasteiger charge is -2.41. The molecule has 2 atom stereocenters. The number of aromatic amines is 1. The summed E-state index contributed by atoms with van der Waals surface area (Å²) in [5.41, 5.74) is 3.28. The molecule has 0 aliphatic carbocycles. The van der Waals surface area contributed by atoms with E-state index in [0.717, 1.165) is 28.4 Å². The lowest BCUT2D eigenvalue weighted by molar-refractivity contribution is -0.142. The maximum Gasteiger partial charge on any atom is 0.326 e. The van der Waals surface area contributed by atoms with Crippen LogP contribution in [0.2, 0.25) is 0 Å². The first-order chi connectivity index (χ1) is 14.6. The largest absolute Gasteiger partial charge is 0.494 e. The van der Waals surface area contributed by atoms with Gasteiger partial charge < -0.3 is 25.0 Å². The Bertz CT molecular complexity index is 1040. The van der Waals surface area contributed by atoms with Gasteiger partial charge in [-0.1, -0.05) is 30.3 Å². The minimum atomic E-state index is -0.938. The van der Waals surface area contributed by atoms with Crippen LogP contribution in [0.15, 0.2) is 60.9 Å². The first-order valence-electron chi connectivity index (χ1n) is 9.70. The van der Waals surface area contributed by atoms with E-state index in [2.05, 4.69) is 15.3 Å². The average molecular weight is 423 g/mol. The summed E-state index contributed by atoms with van der Waals surface area (Å²) in [6.45, 7) is 2.51. The van der Waals surface area contributed by atoms with E-state index in [1.807, 2.05) is 61.5 Å². The molecular weight excluding hydrogens is 400 g/mol. The molecule has 1 aliphatic rings. The van der Waals surface area contributed by atoms with Crippen molar-refractivity contribution in [3.63, 3.8) is 0 Å². The molecule has 8 heteroatoms. The molecule has 3 N–H and O–H groups in total. The van der Waals surface area contributed by atoms with Gasteiger partial charge in [0.15, 0.2) is 5.11 Å². The maximum absolute atomic E-state index is 12.2. The number of hydrogen-bond donors (Lipinski definition) is 3. The van der Waals surface area contributed by atoms with E-state index < -0.39 is 18.1 Å². The zero-order chi connectivity index (χ0) is 21.1. The number of nitrogens with one attached hydrogen (secondary N) is 2. The fourth-order valence-corrected chi connectivity index (χ4v) is 4.09. The molecule has 0 radical (unpaired) electrons. The molecule has 2 heterocycles. The topological polar surface area (TPSA) is 90.5 Å². The van der Waals surface area contributed by atoms with Crippen LogP contribution in [0.4, 0.5) is 5.69 Å². The van der Waals surface area contributed by atoms with Crippen LogP contribution in [0.3, 0.4) is 0 Å². The van der Waals surface area contributed by atoms with Crippen LogP contribution in [0.25, 0.3) is 0 Å². The molecule has 0 saturated heterocycles. The first-order valence-corrected chi connectivity index (χ1v) is 10.1. The Kier molecular flexibility index (Phi) is 5.67. The molecule has 0 spiro atoms. The van der Waals surface area contributed by atoms with Gasteiger partial charge in [-0.25, -0.2) is 9.78 Å². The third kappa shape index (κ3) is 3.86. The summed E-state index contributed by atoms with van der Waals surface area (Å²) in [7, 11) is 0. The number of H-pyrrole nitrogens is 1. The van der Waals surface area contributed by atoms with E-state index >= 15 is 0 Å². The number of ether oxygens (including phenoxy) is 1. The summed E-state index contributed by atoms with van der Waals surface area (Å²) in [5.74, 6) is -0.175. The Morgan fingerprint density at radius 1 is 1.27 bits per heavy atom. The fraction of sp³-hybridized carbons (Fsp3) is 0.227. The normalized spacial score (nSPS) is 17.8. The van der Waals surface area contributed by atoms with E-state index in [9.17, 15) is 9.90 Å². The molecule has 1 aromatic heterocycles. The third-order valence-electron chi connectivity index (χ3n) is 5.07. The van der Waals surface area contributed by atoms with Gasteiger partial charge >= 0.3 is 5.97 Å². The van der Waals surface area contributed by atoms with Crippen LogP contribution >= 0.6 is 12.2 Å². The Balaban J connectivity index is 1.69. The predicted molar refractivity (Wildman–Crippen MR) is 118 cm³/mol. The second kappa shape index (κ2) is 8.54. The molecular formula is C22H22N4O3S. The minimum Gasteiger partial charge on any atom is -0.494 e. The van der Waals surface area contributed by atoms with E-state index in [0.29, 0.717) is 18.1 Å². The van der Waals surface area contributed by atoms with Crippen molar-refractivity contribution in [2.75, 3.05) is 11.9 Å². The number of aliphatic carboxylic acids is 1. The summed E-state index contributed by atoms with van der Waals surface area (Å²) >= 11 is 5.70. The number of thiocarbonyl (C=S) groups is 1. The smallest absolute Gasteiger partial charge is 0.326 e. The van der Waals surface area contributed by atoms with E-state index in [4.69, 9.17) is 17.0 Å². The van der Waals surface area contributed by atoms with Crippen LogP contribution in [-0.4, -0.2) is 43.7 Å². The first kappa shape index (κ1) is 19.9. The van der Waals surface area contributed by atoms with Gasteiger partial charge in [-0.2, -0.15) is 0 Å². The van der Waals surface area contributed by atoms with E-state index in [1.165, 1.54) is 0 Å². The molecule has 7 nitrogen and oxygen atoms in total. The van der Waals surface area contributed by atoms with Crippen molar-refractivity contribution < 1.29 is 14.6 Å². The van der Waals surface area contributed by atoms with Crippen LogP contribution in [0, 0.1) is 0 Å². The van der Waals surface area contributed by atoms with Gasteiger partial charge in [-0.05, 0) is 49.0 Å². The van der Waals surface area contributed by atoms with Gasteiger partial charge in [-0.3, -0.25) is 0 Å². The number of carboxylic acids is 1. The molecule has 0 fully saturated rings. The van der Waals surface area contributed by atoms with Crippen molar-refractivity contribution in [1.29, 1.82) is 0 Å². The molecule has 0 bridgehead atoms. The third-order valence-corrected chi connectivity index (χ3v) is 5.39. The Hall–Kier alpha value is -3.39. The van der Waals surface area contributed by atoms with Crippen LogP contribution in [-0.2, 0) is 11.2 Å². The van der Waals surface area contributed by atoms with Crippen LogP contribution < -0.4 is 10.1 Å². The zero-order valence-electron chi connectivity index (χ0n) is 16.4. The summed E-state index contributed by atoms with van der Waals surface area (Å²) in [6.07, 6.45) is 1.89. The number of imidazole rings is 1. The van der Waals surface area contributed by atoms with Crippen molar-refractivity contribution in [2.45, 2.75) is 25.4 Å². The van der Waals surface area contributed by atoms with Crippen molar-refractivity contribution in [3.8, 4) is 5.75 Å². The highest BCUT2D eigenvalue weighted by Crippen LogP contribution is 2.37. The summed E-state index contributed by atoms with van der Waals surface area (Å²) < 4.78 is 5.48. The number of anilines is 1. The minimum absolute atomic E-state index is 0.291. The van der Waals surface area contributed by atoms with Crippen molar-refractivity contribution in [1.82, 2.24) is 14.9 Å². The van der Waals surface area contributed by atoms with Crippen molar-refractivity contribution in [3.05, 3.63) is 77.9 Å². The number of nitrogens with zero attached hydrogens (tertiary/aromatic N) is 2. The van der Waals surface area contributed by atoms with E-state index in [-0.39, 0.29) is 0 Å². The fourth-order valence-electron chi connectivity index (χ4n) is 3.74. The van der Waals surface area contributed by atoms with Crippen LogP contribution in [0.1, 0.15) is 29.9 Å². The van der Waals surface area contributed by atoms with E-state index in [1.54, 1.807) is 11.2 Å². The molecule has 0 amide bonds. The lowest BCUT2D eigenvalue weighted by Crippen LogP contribution is -2.53. The second-order valence-electron chi connectivity index (χ2n) is 6.93. The number of rotatable bonds is 5. The average Bonchev–Trinajstić information content (AvgIpc) is 3.23. The number of carbonyl (C=O) groups is 1. The highest BCUT2D eigenvalue weighted by atomic mass is 32.1. The zero-order valence-corrected chi connectivity index (χ0v) is 17.2. The highest BCUT2D eigenvalue weighted by Gasteiger charge is 2.42. The SMILES string of the molecule is CCOc1ccc(NC(=S)N2[C@H](c3ccccc3)c3nc[nH]c3C[C@H]2C(=O)O)cc1. The van der Waals surface area contributed by atoms with Gasteiger partial charge in [0.25, 0.3) is 0 Å². The maximum atomic E-state index is 12.2. The van der Waals surface area contributed by atoms with Crippen molar-refractivity contribution >= 4 is 29.0 Å². The summed E-state index contributed by atoms with van der Waals surface area (Å²) in [4.78, 5) is 21.5. The monoisotopic (exact) mass is 422 g/mol. The molecule has 0 unspecified atom stereocenters. The van der Waals surface area contributed by atoms with Crippen molar-refractivity contribution in [2.24, 2.45) is 0 Å². The molecule has 3 aromatic rings. The Labute approximate surface area is 179 Å². The lowest BCUT2D eigenvalue weighted by atomic mass is 9.91. The Morgan fingerprint density at radius 2 is 2.00 bits per heavy atom. The number of benzene rings is 2. The van der Waals surface area contributed by atoms with Gasteiger partial charge in [0.05, 0.1) is 18.6 Å². The molecule has 2 aromatic carbocycles. The van der Waals surface area contributed by atoms with Gasteiger partial charge in [0, 0.05) is 17.8 Å². The molecule has 154 valence electrons. The summed E-state index contributed by atoms with van der Waals surface area (Å²) in [6, 6.07) is 15.9. The second-order valence-corrected chi connectivity index (χ2v) is 7.32. The summed E-state index contributed by atoms with van der Waals surface area (Å²) in [5, 5.41) is 13.5. The van der Waals surface area contributed by atoms with Gasteiger partial charge in [0.1, 0.15) is 17.8 Å². The molecule has 0 saturated carbocycles. The van der Waals surface area contributed by atoms with Gasteiger partial charge in [-0.15, -0.1) is 0 Å². The number of aromatic nitrogens is 2. The number of fused-ring (bicyclic) bond motifs is 1. The number of hydrogen-bond acceptors (Lipinski definition) is 4. The molecule has 1 aliphatic heterocycles. The predicted octanol–water partition coefficient (Wildman–Crippen LogP) is 3.61. The Morgan fingerprint density at radius 3 is 2.67 bits per heavy atom. The quantitative estimate of drug-likeness (QED) is 0.541.